The van der Waals surface area contributed by atoms with Gasteiger partial charge in [0, 0.05) is 6.54 Å². The fourth-order valence-corrected chi connectivity index (χ4v) is 1.91. The third kappa shape index (κ3) is 3.05. The number of benzene rings is 1. The molecular weight excluding hydrogens is 214 g/mol. The Balaban J connectivity index is 2.08. The first kappa shape index (κ1) is 12.1. The van der Waals surface area contributed by atoms with Gasteiger partial charge >= 0.3 is 0 Å². The number of nitrogens with one attached hydrogen (secondary N) is 1. The Morgan fingerprint density at radius 3 is 3.00 bits per heavy atom. The topological polar surface area (TPSA) is 51.8 Å². The Hall–Kier alpha value is -1.39. The fraction of sp³-hybridized carbons (Fsp3) is 0.462. The van der Waals surface area contributed by atoms with Crippen molar-refractivity contribution in [1.82, 2.24) is 14.9 Å². The van der Waals surface area contributed by atoms with Gasteiger partial charge in [-0.15, -0.1) is 0 Å². The zero-order valence-electron chi connectivity index (χ0n) is 10.4. The predicted octanol–water partition coefficient (Wildman–Crippen LogP) is 2.12. The van der Waals surface area contributed by atoms with Crippen molar-refractivity contribution < 1.29 is 5.11 Å². The van der Waals surface area contributed by atoms with E-state index in [4.69, 9.17) is 0 Å². The molecule has 2 rings (SSSR count). The first-order valence-electron chi connectivity index (χ1n) is 5.91. The van der Waals surface area contributed by atoms with Crippen molar-refractivity contribution in [3.63, 3.8) is 0 Å². The summed E-state index contributed by atoms with van der Waals surface area (Å²) in [7, 11) is 2.01. The minimum absolute atomic E-state index is 0.0103. The van der Waals surface area contributed by atoms with Gasteiger partial charge in [0.1, 0.15) is 5.82 Å². The molecule has 2 aromatic rings. The summed E-state index contributed by atoms with van der Waals surface area (Å²) >= 11 is 0. The summed E-state index contributed by atoms with van der Waals surface area (Å²) in [6.07, 6.45) is 0.690. The maximum Gasteiger partial charge on any atom is 0.121 e. The predicted molar refractivity (Wildman–Crippen MR) is 67.3 cm³/mol. The Kier molecular flexibility index (Phi) is 3.76. The second-order valence-electron chi connectivity index (χ2n) is 4.50. The van der Waals surface area contributed by atoms with Gasteiger partial charge in [0.05, 0.1) is 24.2 Å². The number of aromatic nitrogens is 2. The number of imidazole rings is 1. The van der Waals surface area contributed by atoms with Gasteiger partial charge in [0.2, 0.25) is 0 Å². The lowest BCUT2D eigenvalue weighted by Gasteiger charge is -2.13. The average Bonchev–Trinajstić information content (AvgIpc) is 2.67. The monoisotopic (exact) mass is 232 g/mol. The van der Waals surface area contributed by atoms with Gasteiger partial charge < -0.3 is 4.98 Å². The molecule has 4 heteroatoms. The fourth-order valence-electron chi connectivity index (χ4n) is 1.91. The first-order valence-corrected chi connectivity index (χ1v) is 5.91. The van der Waals surface area contributed by atoms with Crippen LogP contribution >= 0.6 is 0 Å². The molecule has 0 bridgehead atoms. The minimum Gasteiger partial charge on any atom is -0.341 e. The van der Waals surface area contributed by atoms with Crippen LogP contribution in [0.2, 0.25) is 0 Å². The summed E-state index contributed by atoms with van der Waals surface area (Å²) in [6, 6.07) is 6.21. The minimum atomic E-state index is -0.0103. The van der Waals surface area contributed by atoms with Crippen molar-refractivity contribution in [2.45, 2.75) is 19.9 Å². The van der Waals surface area contributed by atoms with Crippen LogP contribution in [0, 0.1) is 6.92 Å². The van der Waals surface area contributed by atoms with Gasteiger partial charge in [-0.05, 0) is 38.1 Å². The van der Waals surface area contributed by atoms with Gasteiger partial charge in [0.15, 0.2) is 0 Å². The molecule has 0 aliphatic carbocycles. The average molecular weight is 232 g/mol. The van der Waals surface area contributed by atoms with Gasteiger partial charge in [-0.1, -0.05) is 6.07 Å². The van der Waals surface area contributed by atoms with Crippen molar-refractivity contribution in [2.75, 3.05) is 20.2 Å². The highest BCUT2D eigenvalue weighted by atomic mass is 16.3. The summed E-state index contributed by atoms with van der Waals surface area (Å²) in [5.74, 6) is 0.957. The van der Waals surface area contributed by atoms with E-state index in [0.29, 0.717) is 6.42 Å². The van der Waals surface area contributed by atoms with Crippen LogP contribution in [0.3, 0.4) is 0 Å². The number of H-pyrrole nitrogens is 1. The van der Waals surface area contributed by atoms with E-state index >= 15 is 0 Å². The van der Waals surface area contributed by atoms with Crippen molar-refractivity contribution >= 4 is 11.0 Å². The Morgan fingerprint density at radius 1 is 1.41 bits per heavy atom. The highest BCUT2D eigenvalue weighted by molar-refractivity contribution is 5.75. The molecule has 0 saturated carbocycles. The molecule has 0 atom stereocenters. The normalized spacial score (nSPS) is 11.5. The van der Waals surface area contributed by atoms with Gasteiger partial charge in [-0.3, -0.25) is 4.90 Å². The number of rotatable bonds is 5. The van der Waals surface area contributed by atoms with E-state index in [-0.39, 0.29) is 6.61 Å². The van der Waals surface area contributed by atoms with E-state index < -0.39 is 0 Å². The molecule has 1 aromatic carbocycles. The lowest BCUT2D eigenvalue weighted by atomic mass is 10.2. The smallest absolute Gasteiger partial charge is 0.121 e. The molecule has 1 N–H and O–H groups in total. The lowest BCUT2D eigenvalue weighted by Crippen LogP contribution is -2.20. The van der Waals surface area contributed by atoms with Crippen LogP contribution in [-0.4, -0.2) is 35.1 Å². The number of fused-ring (bicyclic) bond motifs is 1. The van der Waals surface area contributed by atoms with Crippen LogP contribution in [-0.2, 0) is 11.7 Å². The third-order valence-electron chi connectivity index (χ3n) is 2.79. The van der Waals surface area contributed by atoms with Gasteiger partial charge in [-0.2, -0.15) is 0 Å². The van der Waals surface area contributed by atoms with Gasteiger partial charge in [-0.25, -0.2) is 10.1 Å². The zero-order chi connectivity index (χ0) is 12.3. The number of hydrogen-bond donors (Lipinski definition) is 1. The van der Waals surface area contributed by atoms with E-state index in [0.717, 1.165) is 29.9 Å². The molecule has 0 saturated heterocycles. The second-order valence-corrected chi connectivity index (χ2v) is 4.50. The van der Waals surface area contributed by atoms with Crippen molar-refractivity contribution in [3.8, 4) is 0 Å². The third-order valence-corrected chi connectivity index (χ3v) is 2.79. The van der Waals surface area contributed by atoms with E-state index in [1.165, 1.54) is 5.56 Å². The largest absolute Gasteiger partial charge is 0.341 e. The van der Waals surface area contributed by atoms with Crippen LogP contribution in [0.1, 0.15) is 17.8 Å². The maximum absolute atomic E-state index is 10.4. The van der Waals surface area contributed by atoms with Crippen LogP contribution in [0.4, 0.5) is 0 Å². The highest BCUT2D eigenvalue weighted by Gasteiger charge is 2.05. The SMILES string of the molecule is Cc1ccc2[nH]c(CN(C)CCC[O])nc2c1. The van der Waals surface area contributed by atoms with Crippen molar-refractivity contribution in [1.29, 1.82) is 0 Å². The summed E-state index contributed by atoms with van der Waals surface area (Å²) in [5, 5.41) is 10.4. The molecule has 0 aliphatic heterocycles. The molecule has 0 spiro atoms. The number of nitrogens with zero attached hydrogens (tertiary/aromatic N) is 2. The van der Waals surface area contributed by atoms with E-state index in [2.05, 4.69) is 40.0 Å². The maximum atomic E-state index is 10.4. The van der Waals surface area contributed by atoms with Crippen LogP contribution < -0.4 is 0 Å². The molecule has 4 nitrogen and oxygen atoms in total. The summed E-state index contributed by atoms with van der Waals surface area (Å²) < 4.78 is 0. The van der Waals surface area contributed by atoms with Gasteiger partial charge in [0.25, 0.3) is 0 Å². The first-order chi connectivity index (χ1) is 8.19. The number of hydrogen-bond acceptors (Lipinski definition) is 2. The standard InChI is InChI=1S/C13H18N3O/c1-10-4-5-11-12(8-10)15-13(14-11)9-16(2)6-3-7-17/h4-5,8H,3,6-7,9H2,1-2H3,(H,14,15). The summed E-state index contributed by atoms with van der Waals surface area (Å²) in [5.41, 5.74) is 3.30. The molecule has 91 valence electrons. The van der Waals surface area contributed by atoms with Crippen molar-refractivity contribution in [2.24, 2.45) is 0 Å². The molecule has 1 heterocycles. The Bertz CT molecular complexity index is 492. The Morgan fingerprint density at radius 2 is 2.24 bits per heavy atom. The molecule has 17 heavy (non-hydrogen) atoms. The molecule has 1 radical (unpaired) electrons. The van der Waals surface area contributed by atoms with E-state index in [1.54, 1.807) is 0 Å². The summed E-state index contributed by atoms with van der Waals surface area (Å²) in [6.45, 7) is 3.63. The molecular formula is C13H18N3O. The zero-order valence-corrected chi connectivity index (χ0v) is 10.4. The second kappa shape index (κ2) is 5.29. The van der Waals surface area contributed by atoms with Crippen LogP contribution in [0.25, 0.3) is 11.0 Å². The molecule has 0 unspecified atom stereocenters. The Labute approximate surface area is 101 Å². The van der Waals surface area contributed by atoms with E-state index in [9.17, 15) is 5.11 Å². The highest BCUT2D eigenvalue weighted by Crippen LogP contribution is 2.13. The summed E-state index contributed by atoms with van der Waals surface area (Å²) in [4.78, 5) is 9.96. The number of aryl methyl sites for hydroxylation is 1. The molecule has 0 aliphatic rings. The molecule has 0 fully saturated rings. The van der Waals surface area contributed by atoms with E-state index in [1.807, 2.05) is 7.05 Å². The van der Waals surface area contributed by atoms with Crippen LogP contribution in [0.5, 0.6) is 0 Å². The quantitative estimate of drug-likeness (QED) is 0.858. The van der Waals surface area contributed by atoms with Crippen molar-refractivity contribution in [3.05, 3.63) is 29.6 Å². The lowest BCUT2D eigenvalue weighted by molar-refractivity contribution is 0.171. The number of aromatic amines is 1. The van der Waals surface area contributed by atoms with Crippen LogP contribution in [0.15, 0.2) is 18.2 Å². The molecule has 0 amide bonds. The molecule has 1 aromatic heterocycles.